The Labute approximate surface area is 359 Å². The second kappa shape index (κ2) is 16.0. The number of fused-ring (bicyclic) bond motifs is 4. The predicted octanol–water partition coefficient (Wildman–Crippen LogP) is 7.35. The number of carbonyl (C=O) groups excluding carboxylic acids is 4. The quantitative estimate of drug-likeness (QED) is 0.146. The zero-order valence-electron chi connectivity index (χ0n) is 34.7. The van der Waals surface area contributed by atoms with E-state index in [9.17, 15) is 19.5 Å². The smallest absolute Gasteiger partial charge is 0.269 e. The molecule has 12 nitrogen and oxygen atoms in total. The molecule has 13 heteroatoms. The standard InChI is InChI=1S/C49H47FN4O8/c1-31-46(48(2,3)50)42(26-43(56)51(23-24-55)27-32-11-5-4-6-12-32)62-49(31)36-25-35(54-39-14-8-10-16-41(39)61-30-45(54)58)21-22-37(36)52(47(49)59)28-33-17-19-34(20-18-33)53-38-13-7-9-15-40(38)60-29-44(53)57/h4-22,25,31,42,46,55H,23-24,26-30H2,1-3H3/t31-,42+,46-,49+/m1/s1. The lowest BCUT2D eigenvalue weighted by Gasteiger charge is -2.33. The van der Waals surface area contributed by atoms with Crippen molar-refractivity contribution in [2.45, 2.75) is 57.7 Å². The summed E-state index contributed by atoms with van der Waals surface area (Å²) in [5.74, 6) is -1.88. The highest BCUT2D eigenvalue weighted by atomic mass is 19.1. The van der Waals surface area contributed by atoms with Gasteiger partial charge in [-0.15, -0.1) is 0 Å². The van der Waals surface area contributed by atoms with Crippen molar-refractivity contribution in [1.29, 1.82) is 0 Å². The van der Waals surface area contributed by atoms with Crippen LogP contribution in [0.2, 0.25) is 0 Å². The first-order valence-corrected chi connectivity index (χ1v) is 20.8. The summed E-state index contributed by atoms with van der Waals surface area (Å²) in [7, 11) is 0. The van der Waals surface area contributed by atoms with Crippen molar-refractivity contribution >= 4 is 52.1 Å². The van der Waals surface area contributed by atoms with Crippen LogP contribution in [0.3, 0.4) is 0 Å². The summed E-state index contributed by atoms with van der Waals surface area (Å²) in [5, 5.41) is 9.96. The Kier molecular flexibility index (Phi) is 10.6. The van der Waals surface area contributed by atoms with Gasteiger partial charge in [0.05, 0.1) is 42.7 Å². The average Bonchev–Trinajstić information content (AvgIpc) is 3.69. The molecule has 0 radical (unpaired) electrons. The van der Waals surface area contributed by atoms with Crippen LogP contribution < -0.4 is 24.2 Å². The van der Waals surface area contributed by atoms with Gasteiger partial charge in [-0.2, -0.15) is 0 Å². The minimum Gasteiger partial charge on any atom is -0.482 e. The largest absolute Gasteiger partial charge is 0.482 e. The topological polar surface area (TPSA) is 129 Å². The van der Waals surface area contributed by atoms with Crippen LogP contribution in [0.4, 0.5) is 32.8 Å². The zero-order chi connectivity index (χ0) is 43.3. The number of nitrogens with zero attached hydrogens (tertiary/aromatic N) is 4. The van der Waals surface area contributed by atoms with E-state index in [1.165, 1.54) is 18.7 Å². The molecule has 1 saturated heterocycles. The first kappa shape index (κ1) is 40.8. The van der Waals surface area contributed by atoms with Crippen LogP contribution in [0.5, 0.6) is 11.5 Å². The summed E-state index contributed by atoms with van der Waals surface area (Å²) in [6.07, 6.45) is -1.27. The Bertz CT molecular complexity index is 2550. The fourth-order valence-corrected chi connectivity index (χ4v) is 9.75. The number of anilines is 5. The van der Waals surface area contributed by atoms with E-state index in [1.54, 1.807) is 52.0 Å². The Balaban J connectivity index is 1.10. The van der Waals surface area contributed by atoms with E-state index >= 15 is 9.18 Å². The first-order chi connectivity index (χ1) is 29.9. The van der Waals surface area contributed by atoms with E-state index in [0.717, 1.165) is 11.1 Å². The number of halogens is 1. The molecule has 5 aromatic rings. The van der Waals surface area contributed by atoms with Crippen molar-refractivity contribution in [1.82, 2.24) is 4.90 Å². The molecule has 0 aliphatic carbocycles. The van der Waals surface area contributed by atoms with Gasteiger partial charge >= 0.3 is 0 Å². The number of benzene rings is 5. The molecule has 4 atom stereocenters. The number of para-hydroxylation sites is 4. The van der Waals surface area contributed by atoms with Gasteiger partial charge in [0.1, 0.15) is 17.2 Å². The van der Waals surface area contributed by atoms with Gasteiger partial charge in [-0.1, -0.05) is 73.7 Å². The zero-order valence-corrected chi connectivity index (χ0v) is 34.7. The molecule has 1 spiro atoms. The van der Waals surface area contributed by atoms with E-state index in [2.05, 4.69) is 0 Å². The highest BCUT2D eigenvalue weighted by Gasteiger charge is 2.66. The molecular formula is C49H47FN4O8. The number of hydrogen-bond acceptors (Lipinski definition) is 8. The number of amides is 4. The molecule has 4 aliphatic rings. The second-order valence-electron chi connectivity index (χ2n) is 16.7. The molecule has 4 amide bonds. The molecule has 4 heterocycles. The van der Waals surface area contributed by atoms with Crippen molar-refractivity contribution in [3.05, 3.63) is 138 Å². The van der Waals surface area contributed by atoms with Crippen molar-refractivity contribution < 1.29 is 42.9 Å². The van der Waals surface area contributed by atoms with Crippen LogP contribution in [0.1, 0.15) is 43.9 Å². The number of hydrogen-bond donors (Lipinski definition) is 1. The molecule has 0 aromatic heterocycles. The molecule has 0 saturated carbocycles. The molecular weight excluding hydrogens is 792 g/mol. The van der Waals surface area contributed by atoms with E-state index in [4.69, 9.17) is 14.2 Å². The highest BCUT2D eigenvalue weighted by Crippen LogP contribution is 2.59. The summed E-state index contributed by atoms with van der Waals surface area (Å²) in [6, 6.07) is 36.6. The van der Waals surface area contributed by atoms with Crippen LogP contribution in [-0.2, 0) is 42.6 Å². The van der Waals surface area contributed by atoms with Gasteiger partial charge in [0.2, 0.25) is 5.91 Å². The van der Waals surface area contributed by atoms with E-state index < -0.39 is 35.1 Å². The first-order valence-electron chi connectivity index (χ1n) is 20.8. The minimum absolute atomic E-state index is 0.0593. The van der Waals surface area contributed by atoms with Gasteiger partial charge in [-0.05, 0) is 79.6 Å². The number of alkyl halides is 1. The predicted molar refractivity (Wildman–Crippen MR) is 230 cm³/mol. The minimum atomic E-state index is -1.90. The van der Waals surface area contributed by atoms with Gasteiger partial charge in [0.25, 0.3) is 17.7 Å². The monoisotopic (exact) mass is 838 g/mol. The second-order valence-corrected chi connectivity index (χ2v) is 16.7. The Morgan fingerprint density at radius 1 is 0.774 bits per heavy atom. The summed E-state index contributed by atoms with van der Waals surface area (Å²) in [5.41, 5.74) is 1.23. The van der Waals surface area contributed by atoms with Crippen molar-refractivity contribution in [2.75, 3.05) is 41.1 Å². The number of rotatable bonds is 11. The third-order valence-electron chi connectivity index (χ3n) is 12.5. The van der Waals surface area contributed by atoms with Gasteiger partial charge in [0, 0.05) is 41.9 Å². The van der Waals surface area contributed by atoms with Gasteiger partial charge in [-0.25, -0.2) is 4.39 Å². The lowest BCUT2D eigenvalue weighted by Crippen LogP contribution is -2.45. The van der Waals surface area contributed by atoms with E-state index in [1.807, 2.05) is 91.0 Å². The lowest BCUT2D eigenvalue weighted by molar-refractivity contribution is -0.150. The molecule has 62 heavy (non-hydrogen) atoms. The Morgan fingerprint density at radius 3 is 1.97 bits per heavy atom. The molecule has 1 N–H and O–H groups in total. The van der Waals surface area contributed by atoms with E-state index in [0.29, 0.717) is 45.5 Å². The molecule has 5 aromatic carbocycles. The molecule has 0 unspecified atom stereocenters. The third-order valence-corrected chi connectivity index (χ3v) is 12.5. The maximum atomic E-state index is 16.8. The highest BCUT2D eigenvalue weighted by molar-refractivity contribution is 6.10. The van der Waals surface area contributed by atoms with Crippen molar-refractivity contribution in [3.63, 3.8) is 0 Å². The van der Waals surface area contributed by atoms with Crippen molar-refractivity contribution in [3.8, 4) is 11.5 Å². The maximum absolute atomic E-state index is 16.8. The van der Waals surface area contributed by atoms with Crippen LogP contribution in [-0.4, -0.2) is 71.8 Å². The fourth-order valence-electron chi connectivity index (χ4n) is 9.75. The molecule has 318 valence electrons. The number of carbonyl (C=O) groups is 4. The number of ether oxygens (including phenoxy) is 3. The van der Waals surface area contributed by atoms with Crippen molar-refractivity contribution in [2.24, 2.45) is 11.8 Å². The molecule has 4 aliphatic heterocycles. The third kappa shape index (κ3) is 7.04. The average molecular weight is 839 g/mol. The summed E-state index contributed by atoms with van der Waals surface area (Å²) in [4.78, 5) is 62.6. The molecule has 1 fully saturated rings. The fraction of sp³-hybridized carbons (Fsp3) is 0.306. The lowest BCUT2D eigenvalue weighted by atomic mass is 9.71. The normalized spacial score (nSPS) is 21.7. The summed E-state index contributed by atoms with van der Waals surface area (Å²) < 4.78 is 35.1. The van der Waals surface area contributed by atoms with E-state index in [-0.39, 0.29) is 63.6 Å². The Morgan fingerprint density at radius 2 is 1.35 bits per heavy atom. The SMILES string of the molecule is C[C@@H]1[C@@H](C(C)(C)F)[C@H](CC(=O)N(CCO)Cc2ccccc2)O[C@@]12C(=O)N(Cc1ccc(N3C(=O)COc4ccccc43)cc1)c1ccc(N3C(=O)COc4ccccc43)cc12. The Hall–Kier alpha value is -6.57. The van der Waals surface area contributed by atoms with Crippen LogP contribution in [0, 0.1) is 11.8 Å². The number of aliphatic hydroxyl groups excluding tert-OH is 1. The number of aliphatic hydroxyl groups is 1. The van der Waals surface area contributed by atoms with Crippen LogP contribution >= 0.6 is 0 Å². The van der Waals surface area contributed by atoms with Crippen LogP contribution in [0.25, 0.3) is 0 Å². The molecule has 9 rings (SSSR count). The molecule has 0 bridgehead atoms. The summed E-state index contributed by atoms with van der Waals surface area (Å²) in [6.45, 7) is 4.52. The van der Waals surface area contributed by atoms with Crippen LogP contribution in [0.15, 0.2) is 121 Å². The van der Waals surface area contributed by atoms with Gasteiger partial charge < -0.3 is 29.1 Å². The summed E-state index contributed by atoms with van der Waals surface area (Å²) >= 11 is 0. The van der Waals surface area contributed by atoms with Gasteiger partial charge in [-0.3, -0.25) is 29.0 Å². The maximum Gasteiger partial charge on any atom is 0.269 e. The van der Waals surface area contributed by atoms with Gasteiger partial charge in [0.15, 0.2) is 18.8 Å².